The van der Waals surface area contributed by atoms with Crippen LogP contribution in [0.1, 0.15) is 25.7 Å². The van der Waals surface area contributed by atoms with Crippen LogP contribution in [-0.4, -0.2) is 90.2 Å². The van der Waals surface area contributed by atoms with Gasteiger partial charge in [-0.05, 0) is 17.5 Å². The summed E-state index contributed by atoms with van der Waals surface area (Å²) in [4.78, 5) is 29.0. The molecule has 0 aliphatic carbocycles. The van der Waals surface area contributed by atoms with E-state index in [4.69, 9.17) is 35.7 Å². The minimum atomic E-state index is -0.529. The van der Waals surface area contributed by atoms with Gasteiger partial charge in [-0.2, -0.15) is 0 Å². The first-order valence-corrected chi connectivity index (χ1v) is 10.5. The molecule has 0 radical (unpaired) electrons. The fourth-order valence-electron chi connectivity index (χ4n) is 2.36. The van der Waals surface area contributed by atoms with Crippen LogP contribution in [0.5, 0.6) is 0 Å². The summed E-state index contributed by atoms with van der Waals surface area (Å²) in [6, 6.07) is -0.529. The van der Waals surface area contributed by atoms with Gasteiger partial charge >= 0.3 is 0 Å². The van der Waals surface area contributed by atoms with Crippen LogP contribution >= 0.6 is 0 Å². The average molecular weight is 459 g/mol. The number of hydrogen-bond acceptors (Lipinski definition) is 9. The predicted octanol–water partition coefficient (Wildman–Crippen LogP) is 1.25. The van der Waals surface area contributed by atoms with Gasteiger partial charge in [0.25, 0.3) is 0 Å². The molecular formula is C18H34N8O6. The summed E-state index contributed by atoms with van der Waals surface area (Å²) in [7, 11) is 0. The second-order valence-electron chi connectivity index (χ2n) is 6.52. The van der Waals surface area contributed by atoms with Crippen LogP contribution in [0.4, 0.5) is 0 Å². The molecule has 14 nitrogen and oxygen atoms in total. The van der Waals surface area contributed by atoms with Crippen LogP contribution in [0, 0.1) is 0 Å². The molecule has 0 saturated heterocycles. The minimum absolute atomic E-state index is 0.0108. The summed E-state index contributed by atoms with van der Waals surface area (Å²) in [5.74, 6) is -0.244. The lowest BCUT2D eigenvalue weighted by atomic mass is 10.0. The van der Waals surface area contributed by atoms with E-state index in [9.17, 15) is 9.59 Å². The van der Waals surface area contributed by atoms with Crippen molar-refractivity contribution in [2.75, 3.05) is 72.5 Å². The molecule has 0 bridgehead atoms. The molecule has 0 saturated carbocycles. The Morgan fingerprint density at radius 1 is 0.812 bits per heavy atom. The van der Waals surface area contributed by atoms with Gasteiger partial charge < -0.3 is 30.0 Å². The highest BCUT2D eigenvalue weighted by Gasteiger charge is 2.13. The topological polar surface area (TPSA) is 207 Å². The highest BCUT2D eigenvalue weighted by molar-refractivity contribution is 5.81. The number of carbonyl (C=O) groups is 2. The first kappa shape index (κ1) is 29.6. The number of Topliss-reactive ketones (excluding diaryl/α,β-unsaturated/α-hetero) is 1. The largest absolute Gasteiger partial charge is 0.379 e. The zero-order valence-corrected chi connectivity index (χ0v) is 18.4. The van der Waals surface area contributed by atoms with Gasteiger partial charge in [-0.3, -0.25) is 9.59 Å². The van der Waals surface area contributed by atoms with Gasteiger partial charge in [-0.15, -0.1) is 0 Å². The monoisotopic (exact) mass is 458 g/mol. The molecule has 182 valence electrons. The Morgan fingerprint density at radius 2 is 1.34 bits per heavy atom. The third kappa shape index (κ3) is 22.2. The fourth-order valence-corrected chi connectivity index (χ4v) is 2.36. The van der Waals surface area contributed by atoms with Crippen LogP contribution in [0.15, 0.2) is 10.2 Å². The first-order chi connectivity index (χ1) is 15.6. The zero-order chi connectivity index (χ0) is 23.7. The van der Waals surface area contributed by atoms with Gasteiger partial charge in [0, 0.05) is 61.4 Å². The summed E-state index contributed by atoms with van der Waals surface area (Å²) < 4.78 is 21.0. The Morgan fingerprint density at radius 3 is 1.91 bits per heavy atom. The van der Waals surface area contributed by atoms with E-state index >= 15 is 0 Å². The number of nitrogens with zero attached hydrogens (tertiary/aromatic N) is 6. The van der Waals surface area contributed by atoms with Crippen LogP contribution in [0.2, 0.25) is 0 Å². The molecule has 0 fully saturated rings. The number of ketones is 1. The lowest BCUT2D eigenvalue weighted by molar-refractivity contribution is -0.122. The van der Waals surface area contributed by atoms with E-state index in [0.29, 0.717) is 72.2 Å². The highest BCUT2D eigenvalue weighted by atomic mass is 16.5. The average Bonchev–Trinajstić information content (AvgIpc) is 2.76. The SMILES string of the molecule is [N-]=[N+]=NCCOCCOCCCC(=O)CC(N)CC(=O)NCCOCCOCCN=[N+]=[N-]. The lowest BCUT2D eigenvalue weighted by Crippen LogP contribution is -2.34. The van der Waals surface area contributed by atoms with E-state index in [-0.39, 0.29) is 37.6 Å². The number of nitrogens with one attached hydrogen (secondary N) is 1. The second-order valence-corrected chi connectivity index (χ2v) is 6.52. The molecule has 1 unspecified atom stereocenters. The molecule has 14 heteroatoms. The van der Waals surface area contributed by atoms with E-state index in [0.717, 1.165) is 0 Å². The molecule has 0 aliphatic heterocycles. The maximum absolute atomic E-state index is 11.9. The Kier molecular flexibility index (Phi) is 21.5. The quantitative estimate of drug-likeness (QED) is 0.0989. The summed E-state index contributed by atoms with van der Waals surface area (Å²) in [5, 5.41) is 9.36. The molecule has 0 rings (SSSR count). The maximum Gasteiger partial charge on any atom is 0.221 e. The summed E-state index contributed by atoms with van der Waals surface area (Å²) in [6.07, 6.45) is 1.12. The van der Waals surface area contributed by atoms with Crippen molar-refractivity contribution in [3.8, 4) is 0 Å². The van der Waals surface area contributed by atoms with Crippen molar-refractivity contribution < 1.29 is 28.5 Å². The van der Waals surface area contributed by atoms with E-state index in [1.54, 1.807) is 0 Å². The molecule has 1 amide bonds. The molecule has 0 aromatic carbocycles. The van der Waals surface area contributed by atoms with Gasteiger partial charge in [0.05, 0.1) is 46.2 Å². The number of amides is 1. The highest BCUT2D eigenvalue weighted by Crippen LogP contribution is 2.02. The second kappa shape index (κ2) is 23.2. The molecule has 3 N–H and O–H groups in total. The van der Waals surface area contributed by atoms with Crippen molar-refractivity contribution in [3.63, 3.8) is 0 Å². The smallest absolute Gasteiger partial charge is 0.221 e. The van der Waals surface area contributed by atoms with E-state index in [1.165, 1.54) is 0 Å². The van der Waals surface area contributed by atoms with E-state index in [2.05, 4.69) is 25.4 Å². The molecule has 0 spiro atoms. The third-order valence-corrected chi connectivity index (χ3v) is 3.79. The lowest BCUT2D eigenvalue weighted by Gasteiger charge is -2.11. The van der Waals surface area contributed by atoms with Gasteiger partial charge in [0.2, 0.25) is 5.91 Å². The summed E-state index contributed by atoms with van der Waals surface area (Å²) >= 11 is 0. The molecule has 0 aliphatic rings. The number of carbonyl (C=O) groups excluding carboxylic acids is 2. The van der Waals surface area contributed by atoms with Gasteiger partial charge in [0.1, 0.15) is 5.78 Å². The molecule has 1 atom stereocenters. The molecule has 0 aromatic rings. The zero-order valence-electron chi connectivity index (χ0n) is 18.4. The first-order valence-electron chi connectivity index (χ1n) is 10.5. The van der Waals surface area contributed by atoms with E-state index < -0.39 is 6.04 Å². The van der Waals surface area contributed by atoms with Crippen molar-refractivity contribution in [2.24, 2.45) is 16.0 Å². The minimum Gasteiger partial charge on any atom is -0.379 e. The normalized spacial score (nSPS) is 11.3. The van der Waals surface area contributed by atoms with E-state index in [1.807, 2.05) is 0 Å². The van der Waals surface area contributed by atoms with Gasteiger partial charge in [0.15, 0.2) is 0 Å². The standard InChI is InChI=1S/C18H34N8O6/c19-16(14-17(27)2-1-6-29-10-11-31-8-4-23-25-20)15-18(28)22-3-7-30-12-13-32-9-5-24-26-21/h16H,1-15,19H2,(H,22,28). The van der Waals surface area contributed by atoms with Crippen molar-refractivity contribution in [2.45, 2.75) is 31.7 Å². The third-order valence-electron chi connectivity index (χ3n) is 3.79. The van der Waals surface area contributed by atoms with Crippen LogP contribution < -0.4 is 11.1 Å². The predicted molar refractivity (Wildman–Crippen MR) is 116 cm³/mol. The summed E-state index contributed by atoms with van der Waals surface area (Å²) in [5.41, 5.74) is 22.1. The molecule has 0 heterocycles. The summed E-state index contributed by atoms with van der Waals surface area (Å²) in [6.45, 7) is 3.89. The van der Waals surface area contributed by atoms with Crippen molar-refractivity contribution in [1.29, 1.82) is 0 Å². The number of hydrogen-bond donors (Lipinski definition) is 2. The number of nitrogens with two attached hydrogens (primary N) is 1. The Bertz CT molecular complexity index is 546. The van der Waals surface area contributed by atoms with Gasteiger partial charge in [-0.25, -0.2) is 0 Å². The number of rotatable bonds is 23. The Balaban J connectivity index is 3.51. The molecule has 32 heavy (non-hydrogen) atoms. The number of ether oxygens (including phenoxy) is 4. The van der Waals surface area contributed by atoms with Crippen LogP contribution in [0.25, 0.3) is 20.9 Å². The fraction of sp³-hybridized carbons (Fsp3) is 0.889. The molecular weight excluding hydrogens is 424 g/mol. The molecule has 0 aromatic heterocycles. The Labute approximate surface area is 187 Å². The van der Waals surface area contributed by atoms with Crippen LogP contribution in [-0.2, 0) is 28.5 Å². The maximum atomic E-state index is 11.9. The van der Waals surface area contributed by atoms with Gasteiger partial charge in [-0.1, -0.05) is 10.2 Å². The van der Waals surface area contributed by atoms with Crippen molar-refractivity contribution in [3.05, 3.63) is 20.9 Å². The number of azide groups is 2. The van der Waals surface area contributed by atoms with Crippen LogP contribution in [0.3, 0.4) is 0 Å². The van der Waals surface area contributed by atoms with Crippen molar-refractivity contribution in [1.82, 2.24) is 5.32 Å². The van der Waals surface area contributed by atoms with Crippen molar-refractivity contribution >= 4 is 11.7 Å². The Hall–Kier alpha value is -2.44.